The summed E-state index contributed by atoms with van der Waals surface area (Å²) in [4.78, 5) is 23.9. The average Bonchev–Trinajstić information content (AvgIpc) is 2.78. The molecule has 1 unspecified atom stereocenters. The minimum atomic E-state index is -4.54. The van der Waals surface area contributed by atoms with Crippen molar-refractivity contribution in [2.45, 2.75) is 18.8 Å². The van der Waals surface area contributed by atoms with Gasteiger partial charge in [-0.15, -0.1) is 0 Å². The lowest BCUT2D eigenvalue weighted by molar-refractivity contribution is -0.137. The molecule has 13 heteroatoms. The number of nitrogens with one attached hydrogen (secondary N) is 2. The van der Waals surface area contributed by atoms with Gasteiger partial charge in [-0.3, -0.25) is 9.59 Å². The average molecular weight is 482 g/mol. The molecule has 178 valence electrons. The van der Waals surface area contributed by atoms with Crippen LogP contribution in [0.3, 0.4) is 0 Å². The monoisotopic (exact) mass is 482 g/mol. The summed E-state index contributed by atoms with van der Waals surface area (Å²) in [6.07, 6.45) is -3.87. The molecular weight excluding hydrogens is 468 g/mol. The van der Waals surface area contributed by atoms with E-state index < -0.39 is 70.9 Å². The summed E-state index contributed by atoms with van der Waals surface area (Å²) >= 11 is 0. The molecule has 0 bridgehead atoms. The lowest BCUT2D eigenvalue weighted by atomic mass is 10.1. The second-order valence-corrected chi connectivity index (χ2v) is 6.47. The van der Waals surface area contributed by atoms with Gasteiger partial charge in [0.15, 0.2) is 23.3 Å². The van der Waals surface area contributed by atoms with Crippen LogP contribution in [0.2, 0.25) is 0 Å². The summed E-state index contributed by atoms with van der Waals surface area (Å²) in [5.41, 5.74) is -2.03. The highest BCUT2D eigenvalue weighted by atomic mass is 19.4. The maximum absolute atomic E-state index is 13.6. The Labute approximate surface area is 180 Å². The van der Waals surface area contributed by atoms with Crippen LogP contribution in [0, 0.1) is 29.1 Å². The topological polar surface area (TPSA) is 78.4 Å². The molecule has 3 N–H and O–H groups in total. The van der Waals surface area contributed by atoms with E-state index in [0.717, 1.165) is 24.3 Å². The minimum Gasteiger partial charge on any atom is -0.394 e. The van der Waals surface area contributed by atoms with Gasteiger partial charge in [0.1, 0.15) is 6.04 Å². The fourth-order valence-corrected chi connectivity index (χ4v) is 2.47. The van der Waals surface area contributed by atoms with Gasteiger partial charge < -0.3 is 15.7 Å². The van der Waals surface area contributed by atoms with Crippen molar-refractivity contribution >= 4 is 17.9 Å². The largest absolute Gasteiger partial charge is 0.416 e. The molecule has 2 amide bonds. The summed E-state index contributed by atoms with van der Waals surface area (Å²) < 4.78 is 104. The summed E-state index contributed by atoms with van der Waals surface area (Å²) in [7, 11) is 0. The normalized spacial score (nSPS) is 12.6. The molecule has 0 aliphatic carbocycles. The van der Waals surface area contributed by atoms with Crippen LogP contribution in [0.25, 0.3) is 6.08 Å². The number of rotatable bonds is 7. The fourth-order valence-electron chi connectivity index (χ4n) is 2.47. The molecule has 0 saturated heterocycles. The van der Waals surface area contributed by atoms with Crippen molar-refractivity contribution < 1.29 is 49.8 Å². The second-order valence-electron chi connectivity index (χ2n) is 6.47. The standard InChI is InChI=1S/C20H14F8N2O3/c21-14-11(15(22)17(24)18(25)16(14)23)5-6-13(32)30-12(8-31)19(33)29-7-9-1-3-10(4-2-9)20(26,27)28/h1-6,12,31H,7-8H2,(H,29,33)(H,30,32). The van der Waals surface area contributed by atoms with Crippen LogP contribution >= 0.6 is 0 Å². The molecule has 2 aromatic carbocycles. The predicted molar refractivity (Wildman–Crippen MR) is 97.6 cm³/mol. The molecular formula is C20H14F8N2O3. The third kappa shape index (κ3) is 6.28. The molecule has 0 saturated carbocycles. The first-order valence-electron chi connectivity index (χ1n) is 8.91. The van der Waals surface area contributed by atoms with E-state index in [2.05, 4.69) is 5.32 Å². The van der Waals surface area contributed by atoms with Gasteiger partial charge >= 0.3 is 6.18 Å². The van der Waals surface area contributed by atoms with Crippen LogP contribution in [0.5, 0.6) is 0 Å². The molecule has 0 heterocycles. The highest BCUT2D eigenvalue weighted by Crippen LogP contribution is 2.29. The van der Waals surface area contributed by atoms with Crippen molar-refractivity contribution in [3.8, 4) is 0 Å². The SMILES string of the molecule is O=C(C=Cc1c(F)c(F)c(F)c(F)c1F)NC(CO)C(=O)NCc1ccc(C(F)(F)F)cc1. The molecule has 2 rings (SSSR count). The molecule has 0 radical (unpaired) electrons. The molecule has 0 aliphatic heterocycles. The van der Waals surface area contributed by atoms with Gasteiger partial charge in [-0.2, -0.15) is 13.2 Å². The molecule has 0 spiro atoms. The number of hydrogen-bond acceptors (Lipinski definition) is 3. The molecule has 0 fully saturated rings. The van der Waals surface area contributed by atoms with Gasteiger partial charge in [-0.25, -0.2) is 22.0 Å². The predicted octanol–water partition coefficient (Wildman–Crippen LogP) is 3.21. The number of halogens is 8. The van der Waals surface area contributed by atoms with E-state index in [4.69, 9.17) is 0 Å². The number of carbonyl (C=O) groups excluding carboxylic acids is 2. The van der Waals surface area contributed by atoms with E-state index >= 15 is 0 Å². The number of aliphatic hydroxyl groups excluding tert-OH is 1. The molecule has 1 atom stereocenters. The third-order valence-electron chi connectivity index (χ3n) is 4.21. The zero-order chi connectivity index (χ0) is 24.9. The van der Waals surface area contributed by atoms with Gasteiger partial charge in [-0.1, -0.05) is 12.1 Å². The Bertz CT molecular complexity index is 1040. The van der Waals surface area contributed by atoms with Crippen molar-refractivity contribution in [2.75, 3.05) is 6.61 Å². The van der Waals surface area contributed by atoms with Crippen LogP contribution in [0.15, 0.2) is 30.3 Å². The van der Waals surface area contributed by atoms with Crippen molar-refractivity contribution in [3.05, 3.63) is 76.1 Å². The van der Waals surface area contributed by atoms with E-state index in [1.165, 1.54) is 0 Å². The van der Waals surface area contributed by atoms with Gasteiger partial charge in [0.25, 0.3) is 0 Å². The number of amides is 2. The Kier molecular flexibility index (Phi) is 8.14. The first-order valence-corrected chi connectivity index (χ1v) is 8.91. The van der Waals surface area contributed by atoms with Crippen molar-refractivity contribution in [1.29, 1.82) is 0 Å². The van der Waals surface area contributed by atoms with Crippen LogP contribution in [-0.4, -0.2) is 29.6 Å². The van der Waals surface area contributed by atoms with E-state index in [1.807, 2.05) is 5.32 Å². The zero-order valence-electron chi connectivity index (χ0n) is 16.2. The Hall–Kier alpha value is -3.48. The van der Waals surface area contributed by atoms with Crippen LogP contribution < -0.4 is 10.6 Å². The highest BCUT2D eigenvalue weighted by Gasteiger charge is 2.30. The number of alkyl halides is 3. The number of hydrogen-bond donors (Lipinski definition) is 3. The Balaban J connectivity index is 2.01. The molecule has 0 aromatic heterocycles. The highest BCUT2D eigenvalue weighted by molar-refractivity contribution is 5.95. The Morgan fingerprint density at radius 1 is 0.909 bits per heavy atom. The Morgan fingerprint density at radius 3 is 1.91 bits per heavy atom. The summed E-state index contributed by atoms with van der Waals surface area (Å²) in [6.45, 7) is -1.20. The van der Waals surface area contributed by atoms with Crippen LogP contribution in [0.1, 0.15) is 16.7 Å². The molecule has 2 aromatic rings. The maximum Gasteiger partial charge on any atom is 0.416 e. The summed E-state index contributed by atoms with van der Waals surface area (Å²) in [6, 6.07) is 2.19. The minimum absolute atomic E-state index is 0.260. The van der Waals surface area contributed by atoms with Gasteiger partial charge in [0.05, 0.1) is 17.7 Å². The fraction of sp³-hybridized carbons (Fsp3) is 0.200. The number of carbonyl (C=O) groups is 2. The number of aliphatic hydroxyl groups is 1. The lowest BCUT2D eigenvalue weighted by Gasteiger charge is -2.15. The lowest BCUT2D eigenvalue weighted by Crippen LogP contribution is -2.48. The Morgan fingerprint density at radius 2 is 1.42 bits per heavy atom. The van der Waals surface area contributed by atoms with Crippen LogP contribution in [0.4, 0.5) is 35.1 Å². The second kappa shape index (κ2) is 10.4. The first-order chi connectivity index (χ1) is 15.4. The first kappa shape index (κ1) is 25.8. The van der Waals surface area contributed by atoms with E-state index in [1.54, 1.807) is 0 Å². The molecule has 0 aliphatic rings. The van der Waals surface area contributed by atoms with Crippen molar-refractivity contribution in [2.24, 2.45) is 0 Å². The molecule has 33 heavy (non-hydrogen) atoms. The van der Waals surface area contributed by atoms with Gasteiger partial charge in [0.2, 0.25) is 17.6 Å². The van der Waals surface area contributed by atoms with E-state index in [0.29, 0.717) is 12.2 Å². The quantitative estimate of drug-likeness (QED) is 0.246. The summed E-state index contributed by atoms with van der Waals surface area (Å²) in [5, 5.41) is 13.4. The smallest absolute Gasteiger partial charge is 0.394 e. The van der Waals surface area contributed by atoms with E-state index in [9.17, 15) is 49.8 Å². The number of benzene rings is 2. The molecule has 5 nitrogen and oxygen atoms in total. The zero-order valence-corrected chi connectivity index (χ0v) is 16.2. The van der Waals surface area contributed by atoms with Gasteiger partial charge in [-0.05, 0) is 23.8 Å². The maximum atomic E-state index is 13.6. The third-order valence-corrected chi connectivity index (χ3v) is 4.21. The van der Waals surface area contributed by atoms with Crippen molar-refractivity contribution in [1.82, 2.24) is 10.6 Å². The van der Waals surface area contributed by atoms with E-state index in [-0.39, 0.29) is 12.1 Å². The van der Waals surface area contributed by atoms with Gasteiger partial charge in [0, 0.05) is 12.6 Å². The summed E-state index contributed by atoms with van der Waals surface area (Å²) in [5.74, 6) is -13.4. The van der Waals surface area contributed by atoms with Crippen LogP contribution in [-0.2, 0) is 22.3 Å². The van der Waals surface area contributed by atoms with Crippen molar-refractivity contribution in [3.63, 3.8) is 0 Å².